The average Bonchev–Trinajstić information content (AvgIpc) is 2.86. The van der Waals surface area contributed by atoms with E-state index in [2.05, 4.69) is 4.18 Å². The van der Waals surface area contributed by atoms with Crippen LogP contribution in [0, 0.1) is 11.3 Å². The second kappa shape index (κ2) is 11.0. The molecule has 11 nitrogen and oxygen atoms in total. The number of halogens is 3. The third kappa shape index (κ3) is 5.71. The van der Waals surface area contributed by atoms with E-state index >= 15 is 0 Å². The lowest BCUT2D eigenvalue weighted by molar-refractivity contribution is -0.358. The quantitative estimate of drug-likeness (QED) is 0.221. The van der Waals surface area contributed by atoms with Crippen LogP contribution in [0.1, 0.15) is 29.2 Å². The van der Waals surface area contributed by atoms with E-state index in [0.717, 1.165) is 12.1 Å². The smallest absolute Gasteiger partial charge is 0.493 e. The van der Waals surface area contributed by atoms with Crippen molar-refractivity contribution in [1.29, 1.82) is 5.26 Å². The van der Waals surface area contributed by atoms with Gasteiger partial charge in [0.25, 0.3) is 0 Å². The number of aliphatic hydroxyl groups is 5. The molecule has 1 saturated heterocycles. The number of nitriles is 1. The van der Waals surface area contributed by atoms with Crippen LogP contribution in [0.3, 0.4) is 0 Å². The van der Waals surface area contributed by atoms with E-state index in [-0.39, 0.29) is 35.5 Å². The standard InChI is InChI=1S/C23H24F3NO10S/c1-2-35-17-9-14(10-27)13(7-12-3-5-15(6-4-12)37-38(33,34)23(24,25)26)8-16(17)22(32)21(31)20(30)19(29)18(11-28)36-22/h3-6,8-9,18-21,28-32H,2,7,11H2,1H3/t18-,19-,20+,21-,22-/m1/s1. The predicted octanol–water partition coefficient (Wildman–Crippen LogP) is 0.395. The largest absolute Gasteiger partial charge is 0.534 e. The van der Waals surface area contributed by atoms with Gasteiger partial charge in [-0.05, 0) is 48.7 Å². The van der Waals surface area contributed by atoms with Crippen LogP contribution in [0.5, 0.6) is 11.5 Å². The summed E-state index contributed by atoms with van der Waals surface area (Å²) >= 11 is 0. The highest BCUT2D eigenvalue weighted by molar-refractivity contribution is 7.88. The maximum absolute atomic E-state index is 12.6. The first-order valence-electron chi connectivity index (χ1n) is 11.0. The van der Waals surface area contributed by atoms with Gasteiger partial charge in [-0.3, -0.25) is 0 Å². The summed E-state index contributed by atoms with van der Waals surface area (Å²) in [4.78, 5) is 0. The molecule has 2 aromatic rings. The third-order valence-corrected chi connectivity index (χ3v) is 6.76. The molecule has 0 unspecified atom stereocenters. The lowest BCUT2D eigenvalue weighted by atomic mass is 9.85. The lowest BCUT2D eigenvalue weighted by Crippen LogP contribution is -2.63. The number of ether oxygens (including phenoxy) is 2. The molecule has 0 radical (unpaired) electrons. The number of hydrogen-bond acceptors (Lipinski definition) is 11. The fourth-order valence-corrected chi connectivity index (χ4v) is 4.32. The fourth-order valence-electron chi connectivity index (χ4n) is 3.86. The Morgan fingerprint density at radius 1 is 1.13 bits per heavy atom. The van der Waals surface area contributed by atoms with Gasteiger partial charge in [0, 0.05) is 0 Å². The van der Waals surface area contributed by atoms with Gasteiger partial charge >= 0.3 is 15.6 Å². The van der Waals surface area contributed by atoms with Crippen molar-refractivity contribution in [2.24, 2.45) is 0 Å². The van der Waals surface area contributed by atoms with E-state index in [0.29, 0.717) is 5.56 Å². The van der Waals surface area contributed by atoms with Crippen LogP contribution < -0.4 is 8.92 Å². The predicted molar refractivity (Wildman–Crippen MR) is 121 cm³/mol. The fraction of sp³-hybridized carbons (Fsp3) is 0.435. The van der Waals surface area contributed by atoms with E-state index < -0.39 is 58.2 Å². The number of aliphatic hydroxyl groups excluding tert-OH is 4. The summed E-state index contributed by atoms with van der Waals surface area (Å²) in [5.74, 6) is -3.39. The summed E-state index contributed by atoms with van der Waals surface area (Å²) in [5.41, 5.74) is -5.20. The van der Waals surface area contributed by atoms with Crippen molar-refractivity contribution in [2.45, 2.75) is 49.1 Å². The van der Waals surface area contributed by atoms with Gasteiger partial charge < -0.3 is 39.2 Å². The van der Waals surface area contributed by atoms with Crippen LogP contribution in [0.4, 0.5) is 13.2 Å². The highest BCUT2D eigenvalue weighted by Gasteiger charge is 2.55. The molecule has 0 bridgehead atoms. The molecule has 0 spiro atoms. The second-order valence-corrected chi connectivity index (χ2v) is 9.85. The van der Waals surface area contributed by atoms with E-state index in [1.165, 1.54) is 24.3 Å². The van der Waals surface area contributed by atoms with E-state index in [9.17, 15) is 52.4 Å². The normalized spacial score (nSPS) is 26.0. The number of benzene rings is 2. The van der Waals surface area contributed by atoms with Crippen molar-refractivity contribution in [2.75, 3.05) is 13.2 Å². The summed E-state index contributed by atoms with van der Waals surface area (Å²) < 4.78 is 75.0. The molecule has 0 aromatic heterocycles. The number of hydrogen-bond donors (Lipinski definition) is 5. The molecule has 38 heavy (non-hydrogen) atoms. The molecule has 2 aromatic carbocycles. The van der Waals surface area contributed by atoms with Gasteiger partial charge in [-0.2, -0.15) is 26.9 Å². The maximum Gasteiger partial charge on any atom is 0.534 e. The highest BCUT2D eigenvalue weighted by Crippen LogP contribution is 2.42. The monoisotopic (exact) mass is 563 g/mol. The van der Waals surface area contributed by atoms with Crippen LogP contribution >= 0.6 is 0 Å². The van der Waals surface area contributed by atoms with Crippen molar-refractivity contribution < 1.29 is 60.8 Å². The van der Waals surface area contributed by atoms with Crippen molar-refractivity contribution in [3.63, 3.8) is 0 Å². The Hall–Kier alpha value is -2.97. The molecule has 5 atom stereocenters. The van der Waals surface area contributed by atoms with Gasteiger partial charge in [0.15, 0.2) is 0 Å². The highest BCUT2D eigenvalue weighted by atomic mass is 32.2. The van der Waals surface area contributed by atoms with Gasteiger partial charge in [-0.25, -0.2) is 0 Å². The molecule has 0 amide bonds. The summed E-state index contributed by atoms with van der Waals surface area (Å²) in [7, 11) is -5.87. The SMILES string of the molecule is CCOc1cc(C#N)c(Cc2ccc(OS(=O)(=O)C(F)(F)F)cc2)cc1[C@@]1(O)O[C@H](CO)[C@@H](O)[C@H](O)[C@H]1O. The number of nitrogens with zero attached hydrogens (tertiary/aromatic N) is 1. The van der Waals surface area contributed by atoms with Crippen molar-refractivity contribution in [1.82, 2.24) is 0 Å². The van der Waals surface area contributed by atoms with Gasteiger partial charge in [-0.1, -0.05) is 12.1 Å². The Kier molecular flexibility index (Phi) is 8.58. The Morgan fingerprint density at radius 2 is 1.76 bits per heavy atom. The molecule has 0 saturated carbocycles. The first kappa shape index (κ1) is 29.6. The zero-order valence-corrected chi connectivity index (χ0v) is 20.5. The molecule has 1 aliphatic heterocycles. The minimum absolute atomic E-state index is 0.0466. The average molecular weight is 564 g/mol. The van der Waals surface area contributed by atoms with Gasteiger partial charge in [0.05, 0.1) is 30.4 Å². The second-order valence-electron chi connectivity index (χ2n) is 8.32. The zero-order valence-electron chi connectivity index (χ0n) is 19.7. The zero-order chi connectivity index (χ0) is 28.5. The van der Waals surface area contributed by atoms with Crippen LogP contribution in [0.2, 0.25) is 0 Å². The van der Waals surface area contributed by atoms with Crippen molar-refractivity contribution >= 4 is 10.1 Å². The Labute approximate surface area is 215 Å². The molecule has 5 N–H and O–H groups in total. The first-order valence-corrected chi connectivity index (χ1v) is 12.4. The Morgan fingerprint density at radius 3 is 2.29 bits per heavy atom. The maximum atomic E-state index is 12.6. The van der Waals surface area contributed by atoms with Gasteiger partial charge in [0.2, 0.25) is 5.79 Å². The molecule has 1 fully saturated rings. The minimum atomic E-state index is -5.87. The molecule has 208 valence electrons. The van der Waals surface area contributed by atoms with Gasteiger partial charge in [0.1, 0.15) is 35.9 Å². The minimum Gasteiger partial charge on any atom is -0.493 e. The molecular weight excluding hydrogens is 539 g/mol. The molecular formula is C23H24F3NO10S. The third-order valence-electron chi connectivity index (χ3n) is 5.79. The molecule has 3 rings (SSSR count). The number of rotatable bonds is 8. The van der Waals surface area contributed by atoms with E-state index in [1.807, 2.05) is 6.07 Å². The topological polar surface area (TPSA) is 187 Å². The van der Waals surface area contributed by atoms with E-state index in [4.69, 9.17) is 9.47 Å². The summed E-state index contributed by atoms with van der Waals surface area (Å²) in [6, 6.07) is 8.87. The first-order chi connectivity index (χ1) is 17.7. The molecule has 15 heteroatoms. The molecule has 0 aliphatic carbocycles. The molecule has 1 aliphatic rings. The summed E-state index contributed by atoms with van der Waals surface area (Å²) in [5, 5.41) is 61.3. The number of alkyl halides is 3. The van der Waals surface area contributed by atoms with Crippen molar-refractivity contribution in [3.05, 3.63) is 58.7 Å². The van der Waals surface area contributed by atoms with E-state index in [1.54, 1.807) is 6.92 Å². The van der Waals surface area contributed by atoms with Crippen molar-refractivity contribution in [3.8, 4) is 17.6 Å². The summed E-state index contributed by atoms with van der Waals surface area (Å²) in [6.07, 6.45) is -7.33. The van der Waals surface area contributed by atoms with Crippen LogP contribution in [-0.4, -0.2) is 77.1 Å². The van der Waals surface area contributed by atoms with Crippen LogP contribution in [0.15, 0.2) is 36.4 Å². The van der Waals surface area contributed by atoms with Gasteiger partial charge in [-0.15, -0.1) is 0 Å². The molecule has 1 heterocycles. The Balaban J connectivity index is 2.01. The van der Waals surface area contributed by atoms with Crippen LogP contribution in [-0.2, 0) is 27.1 Å². The Bertz CT molecular complexity index is 1290. The summed E-state index contributed by atoms with van der Waals surface area (Å²) in [6.45, 7) is 0.836. The lowest BCUT2D eigenvalue weighted by Gasteiger charge is -2.46. The van der Waals surface area contributed by atoms with Crippen LogP contribution in [0.25, 0.3) is 0 Å².